The summed E-state index contributed by atoms with van der Waals surface area (Å²) in [5.74, 6) is -0.0767. The number of aliphatic hydroxyl groups excluding tert-OH is 2. The zero-order valence-corrected chi connectivity index (χ0v) is 37.6. The van der Waals surface area contributed by atoms with E-state index in [4.69, 9.17) is 4.74 Å². The van der Waals surface area contributed by atoms with E-state index in [2.05, 4.69) is 19.2 Å². The summed E-state index contributed by atoms with van der Waals surface area (Å²) in [6.07, 6.45) is 52.1. The number of rotatable bonds is 46. The summed E-state index contributed by atoms with van der Waals surface area (Å²) in [6.45, 7) is 4.86. The molecule has 2 atom stereocenters. The molecule has 0 radical (unpaired) electrons. The highest BCUT2D eigenvalue weighted by Gasteiger charge is 2.18. The lowest BCUT2D eigenvalue weighted by Gasteiger charge is -2.20. The number of hydrogen-bond acceptors (Lipinski definition) is 5. The second-order valence-corrected chi connectivity index (χ2v) is 17.2. The smallest absolute Gasteiger partial charge is 0.305 e. The molecule has 56 heavy (non-hydrogen) atoms. The van der Waals surface area contributed by atoms with E-state index >= 15 is 0 Å². The molecule has 0 saturated carbocycles. The van der Waals surface area contributed by atoms with Crippen LogP contribution in [0.1, 0.15) is 271 Å². The Bertz CT molecular complexity index is 832. The monoisotopic (exact) mass is 792 g/mol. The van der Waals surface area contributed by atoms with Crippen molar-refractivity contribution in [3.8, 4) is 0 Å². The third kappa shape index (κ3) is 42.2. The first kappa shape index (κ1) is 54.6. The van der Waals surface area contributed by atoms with Gasteiger partial charge in [-0.15, -0.1) is 0 Å². The van der Waals surface area contributed by atoms with Crippen molar-refractivity contribution in [3.05, 3.63) is 12.2 Å². The molecule has 0 aromatic rings. The van der Waals surface area contributed by atoms with Gasteiger partial charge >= 0.3 is 5.97 Å². The van der Waals surface area contributed by atoms with Crippen molar-refractivity contribution in [2.75, 3.05) is 13.2 Å². The van der Waals surface area contributed by atoms with Gasteiger partial charge in [-0.2, -0.15) is 0 Å². The maximum atomic E-state index is 12.4. The van der Waals surface area contributed by atoms with Crippen LogP contribution in [0.2, 0.25) is 0 Å². The Labute approximate surface area is 349 Å². The highest BCUT2D eigenvalue weighted by atomic mass is 16.5. The number of carbonyl (C=O) groups excluding carboxylic acids is 2. The average molecular weight is 792 g/mol. The quantitative estimate of drug-likeness (QED) is 0.0324. The molecular weight excluding hydrogens is 695 g/mol. The highest BCUT2D eigenvalue weighted by Crippen LogP contribution is 2.16. The Kier molecular flexibility index (Phi) is 45.1. The molecule has 0 saturated heterocycles. The molecule has 0 aromatic heterocycles. The summed E-state index contributed by atoms with van der Waals surface area (Å²) in [5.41, 5.74) is 0. The maximum absolute atomic E-state index is 12.4. The Hall–Kier alpha value is -1.40. The first-order valence-corrected chi connectivity index (χ1v) is 25.0. The Morgan fingerprint density at radius 1 is 0.482 bits per heavy atom. The largest absolute Gasteiger partial charge is 0.466 e. The molecule has 1 amide bonds. The van der Waals surface area contributed by atoms with Crippen molar-refractivity contribution in [1.29, 1.82) is 0 Å². The number of allylic oxidation sites excluding steroid dienone is 1. The molecule has 0 aliphatic heterocycles. The number of hydrogen-bond donors (Lipinski definition) is 3. The molecule has 0 aromatic carbocycles. The molecule has 6 nitrogen and oxygen atoms in total. The molecular formula is C50H97NO5. The van der Waals surface area contributed by atoms with Gasteiger partial charge in [-0.25, -0.2) is 0 Å². The molecule has 0 spiro atoms. The van der Waals surface area contributed by atoms with Crippen LogP contribution in [0, 0.1) is 0 Å². The van der Waals surface area contributed by atoms with E-state index in [-0.39, 0.29) is 18.5 Å². The van der Waals surface area contributed by atoms with Crippen molar-refractivity contribution in [3.63, 3.8) is 0 Å². The number of ether oxygens (including phenoxy) is 1. The Balaban J connectivity index is 3.41. The lowest BCUT2D eigenvalue weighted by molar-refractivity contribution is -0.143. The Morgan fingerprint density at radius 2 is 0.821 bits per heavy atom. The van der Waals surface area contributed by atoms with Gasteiger partial charge in [0, 0.05) is 12.8 Å². The summed E-state index contributed by atoms with van der Waals surface area (Å²) < 4.78 is 5.47. The number of amides is 1. The van der Waals surface area contributed by atoms with Gasteiger partial charge in [-0.3, -0.25) is 9.59 Å². The molecule has 0 aliphatic rings. The number of nitrogens with one attached hydrogen (secondary N) is 1. The zero-order chi connectivity index (χ0) is 40.8. The molecule has 3 N–H and O–H groups in total. The minimum atomic E-state index is -0.846. The van der Waals surface area contributed by atoms with E-state index < -0.39 is 12.1 Å². The van der Waals surface area contributed by atoms with Crippen molar-refractivity contribution in [2.45, 2.75) is 283 Å². The minimum Gasteiger partial charge on any atom is -0.466 e. The van der Waals surface area contributed by atoms with Crippen LogP contribution in [0.4, 0.5) is 0 Å². The number of carbonyl (C=O) groups is 2. The van der Waals surface area contributed by atoms with Crippen molar-refractivity contribution < 1.29 is 24.5 Å². The standard InChI is InChI=1S/C50H97NO5/c1-3-5-7-9-11-13-14-15-17-21-24-28-32-36-40-44-50(55)56-45-41-37-33-29-25-22-19-16-18-20-23-27-31-35-39-43-49(54)51-47(46-52)48(53)42-38-34-30-26-12-10-8-6-4-2/h38,42,47-48,52-53H,3-37,39-41,43-46H2,1-2H3,(H,51,54)/b42-38+. The third-order valence-corrected chi connectivity index (χ3v) is 11.6. The number of unbranched alkanes of at least 4 members (excludes halogenated alkanes) is 35. The summed E-state index contributed by atoms with van der Waals surface area (Å²) >= 11 is 0. The molecule has 0 aliphatic carbocycles. The van der Waals surface area contributed by atoms with Gasteiger partial charge < -0.3 is 20.3 Å². The average Bonchev–Trinajstić information content (AvgIpc) is 3.20. The second kappa shape index (κ2) is 46.3. The molecule has 0 heterocycles. The van der Waals surface area contributed by atoms with Gasteiger partial charge in [-0.1, -0.05) is 238 Å². The molecule has 2 unspecified atom stereocenters. The molecule has 6 heteroatoms. The van der Waals surface area contributed by atoms with Crippen molar-refractivity contribution >= 4 is 11.9 Å². The fraction of sp³-hybridized carbons (Fsp3) is 0.920. The minimum absolute atomic E-state index is 0.00198. The molecule has 0 rings (SSSR count). The fourth-order valence-electron chi connectivity index (χ4n) is 7.69. The van der Waals surface area contributed by atoms with Crippen LogP contribution in [0.3, 0.4) is 0 Å². The van der Waals surface area contributed by atoms with Crippen LogP contribution >= 0.6 is 0 Å². The summed E-state index contributed by atoms with van der Waals surface area (Å²) in [7, 11) is 0. The summed E-state index contributed by atoms with van der Waals surface area (Å²) in [4.78, 5) is 24.4. The SMILES string of the molecule is CCCCCCCCC/C=C/C(O)C(CO)NC(=O)CCCCCCCCCCCCCCCCCOC(=O)CCCCCCCCCCCCCCCCC. The van der Waals surface area contributed by atoms with Gasteiger partial charge in [0.25, 0.3) is 0 Å². The van der Waals surface area contributed by atoms with E-state index in [9.17, 15) is 19.8 Å². The van der Waals surface area contributed by atoms with Crippen LogP contribution in [0.15, 0.2) is 12.2 Å². The lowest BCUT2D eigenvalue weighted by atomic mass is 10.0. The van der Waals surface area contributed by atoms with E-state index in [1.807, 2.05) is 6.08 Å². The van der Waals surface area contributed by atoms with E-state index in [0.717, 1.165) is 44.9 Å². The highest BCUT2D eigenvalue weighted by molar-refractivity contribution is 5.76. The third-order valence-electron chi connectivity index (χ3n) is 11.6. The first-order chi connectivity index (χ1) is 27.5. The lowest BCUT2D eigenvalue weighted by Crippen LogP contribution is -2.45. The van der Waals surface area contributed by atoms with E-state index in [1.54, 1.807) is 6.08 Å². The summed E-state index contributed by atoms with van der Waals surface area (Å²) in [6, 6.07) is -0.630. The predicted octanol–water partition coefficient (Wildman–Crippen LogP) is 14.6. The Morgan fingerprint density at radius 3 is 1.21 bits per heavy atom. The van der Waals surface area contributed by atoms with Gasteiger partial charge in [0.1, 0.15) is 0 Å². The van der Waals surface area contributed by atoms with Crippen LogP contribution in [0.25, 0.3) is 0 Å². The fourth-order valence-corrected chi connectivity index (χ4v) is 7.69. The maximum Gasteiger partial charge on any atom is 0.305 e. The molecule has 0 bridgehead atoms. The molecule has 0 fully saturated rings. The van der Waals surface area contributed by atoms with Gasteiger partial charge in [0.05, 0.1) is 25.4 Å². The van der Waals surface area contributed by atoms with Crippen LogP contribution < -0.4 is 5.32 Å². The van der Waals surface area contributed by atoms with Crippen molar-refractivity contribution in [2.24, 2.45) is 0 Å². The predicted molar refractivity (Wildman–Crippen MR) is 241 cm³/mol. The zero-order valence-electron chi connectivity index (χ0n) is 37.6. The van der Waals surface area contributed by atoms with Gasteiger partial charge in [0.2, 0.25) is 5.91 Å². The van der Waals surface area contributed by atoms with E-state index in [1.165, 1.54) is 199 Å². The van der Waals surface area contributed by atoms with Crippen LogP contribution in [-0.4, -0.2) is 47.4 Å². The number of aliphatic hydroxyl groups is 2. The van der Waals surface area contributed by atoms with Crippen LogP contribution in [0.5, 0.6) is 0 Å². The topological polar surface area (TPSA) is 95.9 Å². The summed E-state index contributed by atoms with van der Waals surface area (Å²) in [5, 5.41) is 22.9. The second-order valence-electron chi connectivity index (χ2n) is 17.2. The van der Waals surface area contributed by atoms with Crippen molar-refractivity contribution in [1.82, 2.24) is 5.32 Å². The van der Waals surface area contributed by atoms with Gasteiger partial charge in [-0.05, 0) is 32.1 Å². The molecule has 332 valence electrons. The normalized spacial score (nSPS) is 12.7. The van der Waals surface area contributed by atoms with Crippen LogP contribution in [-0.2, 0) is 14.3 Å². The van der Waals surface area contributed by atoms with E-state index in [0.29, 0.717) is 19.4 Å². The first-order valence-electron chi connectivity index (χ1n) is 25.0. The number of esters is 1. The van der Waals surface area contributed by atoms with Gasteiger partial charge in [0.15, 0.2) is 0 Å².